The Labute approximate surface area is 131 Å². The number of aromatic nitrogens is 1. The van der Waals surface area contributed by atoms with Gasteiger partial charge in [-0.1, -0.05) is 13.8 Å². The zero-order valence-corrected chi connectivity index (χ0v) is 13.6. The van der Waals surface area contributed by atoms with Crippen molar-refractivity contribution in [1.29, 1.82) is 0 Å². The number of carbonyl (C=O) groups is 1. The number of nitrogens with zero attached hydrogens (tertiary/aromatic N) is 2. The number of anilines is 2. The predicted molar refractivity (Wildman–Crippen MR) is 87.3 cm³/mol. The molecule has 1 amide bonds. The van der Waals surface area contributed by atoms with Crippen LogP contribution in [0.4, 0.5) is 16.3 Å². The van der Waals surface area contributed by atoms with Gasteiger partial charge in [-0.2, -0.15) is 4.98 Å². The largest absolute Gasteiger partial charge is 0.476 e. The van der Waals surface area contributed by atoms with Gasteiger partial charge in [-0.3, -0.25) is 0 Å². The van der Waals surface area contributed by atoms with Crippen molar-refractivity contribution in [3.63, 3.8) is 0 Å². The fourth-order valence-electron chi connectivity index (χ4n) is 2.06. The molecule has 0 unspecified atom stereocenters. The molecule has 0 aliphatic rings. The molecule has 0 aliphatic heterocycles. The summed E-state index contributed by atoms with van der Waals surface area (Å²) in [7, 11) is 1.32. The number of nitrogen functional groups attached to an aromatic ring is 1. The molecule has 7 heteroatoms. The Morgan fingerprint density at radius 2 is 2.00 bits per heavy atom. The summed E-state index contributed by atoms with van der Waals surface area (Å²) >= 11 is 0. The average Bonchev–Trinajstić information content (AvgIpc) is 2.50. The maximum absolute atomic E-state index is 10.9. The van der Waals surface area contributed by atoms with Crippen molar-refractivity contribution in [2.45, 2.75) is 26.7 Å². The van der Waals surface area contributed by atoms with Crippen LogP contribution in [0.25, 0.3) is 0 Å². The van der Waals surface area contributed by atoms with Gasteiger partial charge in [0, 0.05) is 30.9 Å². The highest BCUT2D eigenvalue weighted by Gasteiger charge is 2.09. The molecule has 3 N–H and O–H groups in total. The van der Waals surface area contributed by atoms with Gasteiger partial charge in [0.1, 0.15) is 12.4 Å². The number of carbonyl (C=O) groups excluding carboxylic acids is 1. The van der Waals surface area contributed by atoms with Crippen molar-refractivity contribution in [2.75, 3.05) is 44.0 Å². The van der Waals surface area contributed by atoms with Gasteiger partial charge >= 0.3 is 6.09 Å². The molecule has 0 bridgehead atoms. The van der Waals surface area contributed by atoms with Gasteiger partial charge in [0.2, 0.25) is 5.88 Å². The van der Waals surface area contributed by atoms with Gasteiger partial charge in [-0.05, 0) is 12.8 Å². The van der Waals surface area contributed by atoms with E-state index < -0.39 is 6.09 Å². The maximum atomic E-state index is 10.9. The van der Waals surface area contributed by atoms with Crippen LogP contribution in [0.3, 0.4) is 0 Å². The van der Waals surface area contributed by atoms with Gasteiger partial charge in [0.15, 0.2) is 0 Å². The van der Waals surface area contributed by atoms with Gasteiger partial charge in [0.25, 0.3) is 0 Å². The van der Waals surface area contributed by atoms with Crippen molar-refractivity contribution in [1.82, 2.24) is 10.3 Å². The summed E-state index contributed by atoms with van der Waals surface area (Å²) in [6, 6.07) is 3.73. The SMILES string of the molecule is CCCN(CCC)c1cc(N)nc(OCCNC(=O)OC)c1. The van der Waals surface area contributed by atoms with Gasteiger partial charge in [0.05, 0.1) is 13.7 Å². The molecule has 0 spiro atoms. The molecule has 7 nitrogen and oxygen atoms in total. The first-order valence-electron chi connectivity index (χ1n) is 7.57. The number of methoxy groups -OCH3 is 1. The van der Waals surface area contributed by atoms with E-state index in [1.165, 1.54) is 7.11 Å². The molecule has 22 heavy (non-hydrogen) atoms. The zero-order valence-electron chi connectivity index (χ0n) is 13.6. The van der Waals surface area contributed by atoms with E-state index in [0.717, 1.165) is 31.6 Å². The lowest BCUT2D eigenvalue weighted by atomic mass is 10.3. The highest BCUT2D eigenvalue weighted by Crippen LogP contribution is 2.23. The van der Waals surface area contributed by atoms with Crippen molar-refractivity contribution in [3.05, 3.63) is 12.1 Å². The summed E-state index contributed by atoms with van der Waals surface area (Å²) in [5, 5.41) is 2.54. The first kappa shape index (κ1) is 17.9. The smallest absolute Gasteiger partial charge is 0.406 e. The van der Waals surface area contributed by atoms with Crippen LogP contribution in [0.2, 0.25) is 0 Å². The number of alkyl carbamates (subject to hydrolysis) is 1. The Bertz CT molecular complexity index is 462. The first-order valence-corrected chi connectivity index (χ1v) is 7.57. The summed E-state index contributed by atoms with van der Waals surface area (Å²) < 4.78 is 10.0. The minimum absolute atomic E-state index is 0.298. The Morgan fingerprint density at radius 1 is 1.32 bits per heavy atom. The van der Waals surface area contributed by atoms with Crippen LogP contribution in [0.5, 0.6) is 5.88 Å². The van der Waals surface area contributed by atoms with Crippen LogP contribution in [0.15, 0.2) is 12.1 Å². The quantitative estimate of drug-likeness (QED) is 0.678. The van der Waals surface area contributed by atoms with Crippen molar-refractivity contribution in [3.8, 4) is 5.88 Å². The standard InChI is InChI=1S/C15H26N4O3/c1-4-7-19(8-5-2)12-10-13(16)18-14(11-12)22-9-6-17-15(20)21-3/h10-11H,4-9H2,1-3H3,(H2,16,18)(H,17,20). The van der Waals surface area contributed by atoms with E-state index in [4.69, 9.17) is 10.5 Å². The van der Waals surface area contributed by atoms with E-state index in [-0.39, 0.29) is 0 Å². The van der Waals surface area contributed by atoms with Crippen molar-refractivity contribution in [2.24, 2.45) is 0 Å². The second kappa shape index (κ2) is 9.70. The van der Waals surface area contributed by atoms with Crippen LogP contribution in [-0.2, 0) is 4.74 Å². The molecule has 1 heterocycles. The highest BCUT2D eigenvalue weighted by molar-refractivity contribution is 5.66. The third kappa shape index (κ3) is 6.07. The molecule has 0 aliphatic carbocycles. The Morgan fingerprint density at radius 3 is 2.59 bits per heavy atom. The molecule has 0 fully saturated rings. The lowest BCUT2D eigenvalue weighted by molar-refractivity contribution is 0.168. The van der Waals surface area contributed by atoms with E-state index in [2.05, 4.69) is 33.8 Å². The second-order valence-corrected chi connectivity index (χ2v) is 4.84. The number of pyridine rings is 1. The minimum atomic E-state index is -0.484. The maximum Gasteiger partial charge on any atom is 0.406 e. The number of ether oxygens (including phenoxy) is 2. The molecule has 1 aromatic heterocycles. The molecule has 1 rings (SSSR count). The lowest BCUT2D eigenvalue weighted by Gasteiger charge is -2.24. The van der Waals surface area contributed by atoms with Gasteiger partial charge in [-0.15, -0.1) is 0 Å². The van der Waals surface area contributed by atoms with Crippen LogP contribution in [0.1, 0.15) is 26.7 Å². The summed E-state index contributed by atoms with van der Waals surface area (Å²) in [6.07, 6.45) is 1.63. The van der Waals surface area contributed by atoms with Crippen molar-refractivity contribution >= 4 is 17.6 Å². The first-order chi connectivity index (χ1) is 10.6. The fraction of sp³-hybridized carbons (Fsp3) is 0.600. The zero-order chi connectivity index (χ0) is 16.4. The summed E-state index contributed by atoms with van der Waals surface area (Å²) in [5.41, 5.74) is 6.86. The number of hydrogen-bond acceptors (Lipinski definition) is 6. The third-order valence-corrected chi connectivity index (χ3v) is 2.97. The van der Waals surface area contributed by atoms with E-state index in [1.807, 2.05) is 12.1 Å². The average molecular weight is 310 g/mol. The monoisotopic (exact) mass is 310 g/mol. The molecule has 124 valence electrons. The van der Waals surface area contributed by atoms with E-state index in [0.29, 0.717) is 24.8 Å². The third-order valence-electron chi connectivity index (χ3n) is 2.97. The van der Waals surface area contributed by atoms with E-state index in [1.54, 1.807) is 0 Å². The summed E-state index contributed by atoms with van der Waals surface area (Å²) in [5.74, 6) is 0.879. The predicted octanol–water partition coefficient (Wildman–Crippen LogP) is 2.02. The lowest BCUT2D eigenvalue weighted by Crippen LogP contribution is -2.28. The molecule has 0 saturated heterocycles. The minimum Gasteiger partial charge on any atom is -0.476 e. The highest BCUT2D eigenvalue weighted by atomic mass is 16.5. The fourth-order valence-corrected chi connectivity index (χ4v) is 2.06. The Kier molecular flexibility index (Phi) is 7.88. The number of amides is 1. The molecule has 0 saturated carbocycles. The van der Waals surface area contributed by atoms with Crippen LogP contribution < -0.4 is 20.7 Å². The van der Waals surface area contributed by atoms with Crippen LogP contribution in [-0.4, -0.2) is 44.4 Å². The number of nitrogens with two attached hydrogens (primary N) is 1. The Hall–Kier alpha value is -2.18. The van der Waals surface area contributed by atoms with E-state index >= 15 is 0 Å². The summed E-state index contributed by atoms with van der Waals surface area (Å²) in [6.45, 7) is 6.84. The van der Waals surface area contributed by atoms with Crippen LogP contribution in [0, 0.1) is 0 Å². The molecule has 0 aromatic carbocycles. The number of rotatable bonds is 9. The molecule has 0 atom stereocenters. The molecule has 1 aromatic rings. The van der Waals surface area contributed by atoms with Gasteiger partial charge < -0.3 is 25.4 Å². The topological polar surface area (TPSA) is 89.7 Å². The van der Waals surface area contributed by atoms with E-state index in [9.17, 15) is 4.79 Å². The molecular weight excluding hydrogens is 284 g/mol. The number of hydrogen-bond donors (Lipinski definition) is 2. The molecular formula is C15H26N4O3. The van der Waals surface area contributed by atoms with Gasteiger partial charge in [-0.25, -0.2) is 4.79 Å². The normalized spacial score (nSPS) is 10.1. The van der Waals surface area contributed by atoms with Crippen molar-refractivity contribution < 1.29 is 14.3 Å². The summed E-state index contributed by atoms with van der Waals surface area (Å²) in [4.78, 5) is 17.4. The number of nitrogens with one attached hydrogen (secondary N) is 1. The molecule has 0 radical (unpaired) electrons. The Balaban J connectivity index is 2.66. The second-order valence-electron chi connectivity index (χ2n) is 4.84. The van der Waals surface area contributed by atoms with Crippen LogP contribution >= 0.6 is 0 Å².